The monoisotopic (exact) mass is 280 g/mol. The molecule has 110 valence electrons. The zero-order valence-corrected chi connectivity index (χ0v) is 11.9. The molecule has 0 saturated carbocycles. The zero-order chi connectivity index (χ0) is 14.7. The molecule has 1 unspecified atom stereocenters. The van der Waals surface area contributed by atoms with Crippen molar-refractivity contribution in [2.45, 2.75) is 39.7 Å². The SMILES string of the molecule is Cc1nc(=O)n(CC2CCOC2)c(C)c1CCC(=O)O. The third-order valence-electron chi connectivity index (χ3n) is 3.83. The van der Waals surface area contributed by atoms with Gasteiger partial charge in [-0.15, -0.1) is 0 Å². The second kappa shape index (κ2) is 6.17. The van der Waals surface area contributed by atoms with Gasteiger partial charge in [0.2, 0.25) is 0 Å². The van der Waals surface area contributed by atoms with E-state index >= 15 is 0 Å². The molecule has 0 aliphatic carbocycles. The minimum atomic E-state index is -0.842. The number of carbonyl (C=O) groups is 1. The molecule has 0 radical (unpaired) electrons. The van der Waals surface area contributed by atoms with Crippen LogP contribution in [0.3, 0.4) is 0 Å². The summed E-state index contributed by atoms with van der Waals surface area (Å²) in [6.07, 6.45) is 1.40. The van der Waals surface area contributed by atoms with Crippen molar-refractivity contribution in [3.8, 4) is 0 Å². The van der Waals surface area contributed by atoms with E-state index in [-0.39, 0.29) is 12.1 Å². The first-order valence-corrected chi connectivity index (χ1v) is 6.85. The number of rotatable bonds is 5. The average Bonchev–Trinajstić information content (AvgIpc) is 2.86. The van der Waals surface area contributed by atoms with E-state index in [9.17, 15) is 9.59 Å². The Balaban J connectivity index is 2.28. The maximum Gasteiger partial charge on any atom is 0.347 e. The molecule has 0 aromatic carbocycles. The van der Waals surface area contributed by atoms with Gasteiger partial charge in [-0.25, -0.2) is 4.79 Å². The molecule has 6 heteroatoms. The molecule has 0 amide bonds. The van der Waals surface area contributed by atoms with Crippen LogP contribution >= 0.6 is 0 Å². The minimum Gasteiger partial charge on any atom is -0.481 e. The third kappa shape index (κ3) is 3.25. The lowest BCUT2D eigenvalue weighted by Gasteiger charge is -2.17. The summed E-state index contributed by atoms with van der Waals surface area (Å²) < 4.78 is 6.98. The van der Waals surface area contributed by atoms with Crippen LogP contribution in [0.25, 0.3) is 0 Å². The fourth-order valence-electron chi connectivity index (χ4n) is 2.63. The molecular formula is C14H20N2O4. The number of hydrogen-bond acceptors (Lipinski definition) is 4. The third-order valence-corrected chi connectivity index (χ3v) is 3.83. The second-order valence-electron chi connectivity index (χ2n) is 5.28. The van der Waals surface area contributed by atoms with Crippen LogP contribution in [-0.2, 0) is 22.5 Å². The Morgan fingerprint density at radius 1 is 1.50 bits per heavy atom. The number of carboxylic acid groups (broad SMARTS) is 1. The van der Waals surface area contributed by atoms with E-state index < -0.39 is 5.97 Å². The van der Waals surface area contributed by atoms with Crippen LogP contribution in [-0.4, -0.2) is 33.8 Å². The molecule has 1 aromatic heterocycles. The number of aromatic nitrogens is 2. The molecule has 2 rings (SSSR count). The van der Waals surface area contributed by atoms with Gasteiger partial charge in [0.1, 0.15) is 0 Å². The zero-order valence-electron chi connectivity index (χ0n) is 11.9. The van der Waals surface area contributed by atoms with E-state index in [1.807, 2.05) is 6.92 Å². The number of hydrogen-bond donors (Lipinski definition) is 1. The number of aryl methyl sites for hydroxylation is 1. The van der Waals surface area contributed by atoms with Crippen LogP contribution in [0.15, 0.2) is 4.79 Å². The van der Waals surface area contributed by atoms with Gasteiger partial charge in [0.25, 0.3) is 0 Å². The molecule has 2 heterocycles. The minimum absolute atomic E-state index is 0.0497. The maximum absolute atomic E-state index is 12.0. The fourth-order valence-corrected chi connectivity index (χ4v) is 2.63. The lowest BCUT2D eigenvalue weighted by Crippen LogP contribution is -2.30. The smallest absolute Gasteiger partial charge is 0.347 e. The summed E-state index contributed by atoms with van der Waals surface area (Å²) in [6, 6.07) is 0. The molecule has 6 nitrogen and oxygen atoms in total. The molecular weight excluding hydrogens is 260 g/mol. The molecule has 1 fully saturated rings. The first-order chi connectivity index (χ1) is 9.49. The number of ether oxygens (including phenoxy) is 1. The highest BCUT2D eigenvalue weighted by Gasteiger charge is 2.19. The van der Waals surface area contributed by atoms with Gasteiger partial charge in [0.05, 0.1) is 6.61 Å². The predicted molar refractivity (Wildman–Crippen MR) is 72.9 cm³/mol. The Morgan fingerprint density at radius 3 is 2.85 bits per heavy atom. The van der Waals surface area contributed by atoms with Crippen molar-refractivity contribution in [3.05, 3.63) is 27.4 Å². The Morgan fingerprint density at radius 2 is 2.25 bits per heavy atom. The molecule has 0 bridgehead atoms. The van der Waals surface area contributed by atoms with Crippen LogP contribution in [0.1, 0.15) is 29.8 Å². The molecule has 0 spiro atoms. The van der Waals surface area contributed by atoms with Gasteiger partial charge in [0, 0.05) is 36.9 Å². The number of nitrogens with zero attached hydrogens (tertiary/aromatic N) is 2. The van der Waals surface area contributed by atoms with E-state index in [2.05, 4.69) is 4.98 Å². The van der Waals surface area contributed by atoms with E-state index in [0.717, 1.165) is 24.3 Å². The summed E-state index contributed by atoms with van der Waals surface area (Å²) in [4.78, 5) is 26.8. The second-order valence-corrected chi connectivity index (χ2v) is 5.28. The lowest BCUT2D eigenvalue weighted by atomic mass is 10.1. The molecule has 1 aliphatic heterocycles. The van der Waals surface area contributed by atoms with Crippen LogP contribution < -0.4 is 5.69 Å². The van der Waals surface area contributed by atoms with Crippen LogP contribution in [0.4, 0.5) is 0 Å². The standard InChI is InChI=1S/C14H20N2O4/c1-9-12(3-4-13(17)18)10(2)16(14(19)15-9)7-11-5-6-20-8-11/h11H,3-8H2,1-2H3,(H,17,18). The molecule has 1 atom stereocenters. The van der Waals surface area contributed by atoms with Gasteiger partial charge in [0.15, 0.2) is 0 Å². The van der Waals surface area contributed by atoms with E-state index in [4.69, 9.17) is 9.84 Å². The van der Waals surface area contributed by atoms with E-state index in [0.29, 0.717) is 31.2 Å². The van der Waals surface area contributed by atoms with E-state index in [1.54, 1.807) is 11.5 Å². The maximum atomic E-state index is 12.0. The van der Waals surface area contributed by atoms with Crippen LogP contribution in [0.5, 0.6) is 0 Å². The van der Waals surface area contributed by atoms with Crippen LogP contribution in [0, 0.1) is 19.8 Å². The number of carboxylic acids is 1. The lowest BCUT2D eigenvalue weighted by molar-refractivity contribution is -0.136. The molecule has 1 aliphatic rings. The molecule has 1 aromatic rings. The Hall–Kier alpha value is -1.69. The van der Waals surface area contributed by atoms with Gasteiger partial charge in [-0.1, -0.05) is 0 Å². The largest absolute Gasteiger partial charge is 0.481 e. The van der Waals surface area contributed by atoms with E-state index in [1.165, 1.54) is 0 Å². The van der Waals surface area contributed by atoms with Crippen molar-refractivity contribution >= 4 is 5.97 Å². The first-order valence-electron chi connectivity index (χ1n) is 6.85. The summed E-state index contributed by atoms with van der Waals surface area (Å²) >= 11 is 0. The molecule has 1 saturated heterocycles. The molecule has 20 heavy (non-hydrogen) atoms. The van der Waals surface area contributed by atoms with Gasteiger partial charge in [-0.05, 0) is 32.3 Å². The highest BCUT2D eigenvalue weighted by molar-refractivity contribution is 5.67. The van der Waals surface area contributed by atoms with Crippen molar-refractivity contribution in [1.82, 2.24) is 9.55 Å². The van der Waals surface area contributed by atoms with Gasteiger partial charge < -0.3 is 9.84 Å². The molecule has 1 N–H and O–H groups in total. The normalized spacial score (nSPS) is 18.4. The summed E-state index contributed by atoms with van der Waals surface area (Å²) in [5.41, 5.74) is 2.07. The fraction of sp³-hybridized carbons (Fsp3) is 0.643. The van der Waals surface area contributed by atoms with Crippen molar-refractivity contribution in [1.29, 1.82) is 0 Å². The van der Waals surface area contributed by atoms with Gasteiger partial charge in [-0.2, -0.15) is 4.98 Å². The van der Waals surface area contributed by atoms with Gasteiger partial charge in [-0.3, -0.25) is 9.36 Å². The Kier molecular flexibility index (Phi) is 4.54. The quantitative estimate of drug-likeness (QED) is 0.867. The highest BCUT2D eigenvalue weighted by atomic mass is 16.5. The Labute approximate surface area is 117 Å². The summed E-state index contributed by atoms with van der Waals surface area (Å²) in [7, 11) is 0. The first kappa shape index (κ1) is 14.7. The number of aliphatic carboxylic acids is 1. The summed E-state index contributed by atoms with van der Waals surface area (Å²) in [5, 5.41) is 8.80. The van der Waals surface area contributed by atoms with Crippen molar-refractivity contribution in [2.75, 3.05) is 13.2 Å². The van der Waals surface area contributed by atoms with Crippen molar-refractivity contribution < 1.29 is 14.6 Å². The topological polar surface area (TPSA) is 81.4 Å². The summed E-state index contributed by atoms with van der Waals surface area (Å²) in [6.45, 7) is 5.63. The average molecular weight is 280 g/mol. The van der Waals surface area contributed by atoms with Crippen molar-refractivity contribution in [2.24, 2.45) is 5.92 Å². The van der Waals surface area contributed by atoms with Gasteiger partial charge >= 0.3 is 11.7 Å². The van der Waals surface area contributed by atoms with Crippen LogP contribution in [0.2, 0.25) is 0 Å². The Bertz CT molecular complexity index is 559. The van der Waals surface area contributed by atoms with Crippen molar-refractivity contribution in [3.63, 3.8) is 0 Å². The summed E-state index contributed by atoms with van der Waals surface area (Å²) in [5.74, 6) is -0.506. The predicted octanol–water partition coefficient (Wildman–Crippen LogP) is 0.914. The highest BCUT2D eigenvalue weighted by Crippen LogP contribution is 2.17.